The van der Waals surface area contributed by atoms with Gasteiger partial charge in [0.25, 0.3) is 0 Å². The number of benzene rings is 1. The average Bonchev–Trinajstić information content (AvgIpc) is 2.39. The van der Waals surface area contributed by atoms with E-state index in [-0.39, 0.29) is 5.97 Å². The molecule has 0 amide bonds. The van der Waals surface area contributed by atoms with Gasteiger partial charge in [0.1, 0.15) is 0 Å². The number of hydrogen-bond acceptors (Lipinski definition) is 4. The summed E-state index contributed by atoms with van der Waals surface area (Å²) in [6.45, 7) is 4.44. The van der Waals surface area contributed by atoms with Gasteiger partial charge in [-0.3, -0.25) is 0 Å². The van der Waals surface area contributed by atoms with Crippen LogP contribution in [0.1, 0.15) is 30.1 Å². The molecule has 19 heavy (non-hydrogen) atoms. The molecule has 0 radical (unpaired) electrons. The fourth-order valence-corrected chi connectivity index (χ4v) is 2.47. The number of hydrogen-bond donors (Lipinski definition) is 1. The molecule has 104 valence electrons. The Morgan fingerprint density at radius 3 is 3.11 bits per heavy atom. The highest BCUT2D eigenvalue weighted by Crippen LogP contribution is 2.17. The number of ether oxygens (including phenoxy) is 1. The summed E-state index contributed by atoms with van der Waals surface area (Å²) in [7, 11) is 2.14. The van der Waals surface area contributed by atoms with Crippen LogP contribution in [0, 0.1) is 0 Å². The Kier molecular flexibility index (Phi) is 4.80. The van der Waals surface area contributed by atoms with E-state index in [1.165, 1.54) is 19.4 Å². The van der Waals surface area contributed by atoms with Crippen LogP contribution in [0.15, 0.2) is 24.3 Å². The van der Waals surface area contributed by atoms with Crippen molar-refractivity contribution in [2.45, 2.75) is 25.8 Å². The molecule has 2 rings (SSSR count). The zero-order chi connectivity index (χ0) is 13.7. The molecule has 1 aromatic carbocycles. The van der Waals surface area contributed by atoms with E-state index in [9.17, 15) is 4.79 Å². The van der Waals surface area contributed by atoms with Crippen molar-refractivity contribution in [3.63, 3.8) is 0 Å². The van der Waals surface area contributed by atoms with Crippen molar-refractivity contribution in [3.05, 3.63) is 29.8 Å². The smallest absolute Gasteiger partial charge is 0.338 e. The van der Waals surface area contributed by atoms with Crippen LogP contribution >= 0.6 is 0 Å². The normalized spacial score (nSPS) is 20.0. The molecule has 1 aliphatic heterocycles. The van der Waals surface area contributed by atoms with Crippen molar-refractivity contribution in [2.24, 2.45) is 0 Å². The van der Waals surface area contributed by atoms with E-state index >= 15 is 0 Å². The van der Waals surface area contributed by atoms with E-state index < -0.39 is 0 Å². The molecule has 0 spiro atoms. The van der Waals surface area contributed by atoms with Gasteiger partial charge in [-0.15, -0.1) is 0 Å². The fourth-order valence-electron chi connectivity index (χ4n) is 2.47. The highest BCUT2D eigenvalue weighted by molar-refractivity contribution is 5.90. The van der Waals surface area contributed by atoms with Gasteiger partial charge >= 0.3 is 5.97 Å². The van der Waals surface area contributed by atoms with Gasteiger partial charge in [0, 0.05) is 18.3 Å². The van der Waals surface area contributed by atoms with Crippen LogP contribution in [0.5, 0.6) is 0 Å². The lowest BCUT2D eigenvalue weighted by Crippen LogP contribution is -2.39. The number of anilines is 1. The van der Waals surface area contributed by atoms with Crippen LogP contribution in [-0.2, 0) is 4.74 Å². The summed E-state index contributed by atoms with van der Waals surface area (Å²) in [4.78, 5) is 14.0. The predicted molar refractivity (Wildman–Crippen MR) is 76.5 cm³/mol. The molecule has 1 unspecified atom stereocenters. The SMILES string of the molecule is CCOC(=O)c1cccc(NC2CCCN(C)C2)c1. The molecule has 0 bridgehead atoms. The second-order valence-electron chi connectivity index (χ2n) is 5.05. The predicted octanol–water partition coefficient (Wildman–Crippen LogP) is 2.37. The number of esters is 1. The molecule has 1 heterocycles. The highest BCUT2D eigenvalue weighted by atomic mass is 16.5. The maximum Gasteiger partial charge on any atom is 0.338 e. The van der Waals surface area contributed by atoms with Gasteiger partial charge in [-0.05, 0) is 51.6 Å². The Hall–Kier alpha value is -1.55. The molecule has 1 saturated heterocycles. The van der Waals surface area contributed by atoms with Crippen molar-refractivity contribution in [3.8, 4) is 0 Å². The molecule has 1 N–H and O–H groups in total. The quantitative estimate of drug-likeness (QED) is 0.846. The summed E-state index contributed by atoms with van der Waals surface area (Å²) in [5.41, 5.74) is 1.60. The van der Waals surface area contributed by atoms with E-state index in [4.69, 9.17) is 4.74 Å². The molecule has 0 aliphatic carbocycles. The van der Waals surface area contributed by atoms with E-state index in [1.54, 1.807) is 6.07 Å². The first-order valence-corrected chi connectivity index (χ1v) is 6.91. The summed E-state index contributed by atoms with van der Waals surface area (Å²) in [5.74, 6) is -0.257. The minimum Gasteiger partial charge on any atom is -0.462 e. The molecule has 1 fully saturated rings. The lowest BCUT2D eigenvalue weighted by Gasteiger charge is -2.30. The number of carbonyl (C=O) groups is 1. The van der Waals surface area contributed by atoms with Gasteiger partial charge in [0.05, 0.1) is 12.2 Å². The monoisotopic (exact) mass is 262 g/mol. The lowest BCUT2D eigenvalue weighted by molar-refractivity contribution is 0.0526. The van der Waals surface area contributed by atoms with Gasteiger partial charge in [0.2, 0.25) is 0 Å². The van der Waals surface area contributed by atoms with Crippen molar-refractivity contribution < 1.29 is 9.53 Å². The van der Waals surface area contributed by atoms with Gasteiger partial charge < -0.3 is 15.0 Å². The molecule has 1 aromatic rings. The summed E-state index contributed by atoms with van der Waals surface area (Å²) in [6, 6.07) is 8.00. The first kappa shape index (κ1) is 13.9. The molecule has 4 nitrogen and oxygen atoms in total. The minimum atomic E-state index is -0.257. The van der Waals surface area contributed by atoms with Crippen LogP contribution in [0.3, 0.4) is 0 Å². The lowest BCUT2D eigenvalue weighted by atomic mass is 10.1. The summed E-state index contributed by atoms with van der Waals surface area (Å²) < 4.78 is 5.02. The van der Waals surface area contributed by atoms with Crippen molar-refractivity contribution >= 4 is 11.7 Å². The van der Waals surface area contributed by atoms with Gasteiger partial charge in [-0.1, -0.05) is 6.07 Å². The number of likely N-dealkylation sites (N-methyl/N-ethyl adjacent to an activating group) is 1. The standard InChI is InChI=1S/C15H22N2O2/c1-3-19-15(18)12-6-4-7-13(10-12)16-14-8-5-9-17(2)11-14/h4,6-7,10,14,16H,3,5,8-9,11H2,1-2H3. The number of rotatable bonds is 4. The molecule has 0 aromatic heterocycles. The maximum absolute atomic E-state index is 11.7. The summed E-state index contributed by atoms with van der Waals surface area (Å²) in [6.07, 6.45) is 2.39. The topological polar surface area (TPSA) is 41.6 Å². The van der Waals surface area contributed by atoms with Crippen molar-refractivity contribution in [1.82, 2.24) is 4.90 Å². The second-order valence-corrected chi connectivity index (χ2v) is 5.05. The van der Waals surface area contributed by atoms with Crippen molar-refractivity contribution in [1.29, 1.82) is 0 Å². The van der Waals surface area contributed by atoms with Crippen LogP contribution in [0.25, 0.3) is 0 Å². The second kappa shape index (κ2) is 6.57. The molecule has 1 aliphatic rings. The Labute approximate surface area is 114 Å². The third kappa shape index (κ3) is 3.96. The number of likely N-dealkylation sites (tertiary alicyclic amines) is 1. The van der Waals surface area contributed by atoms with Crippen LogP contribution in [0.4, 0.5) is 5.69 Å². The number of carbonyl (C=O) groups excluding carboxylic acids is 1. The van der Waals surface area contributed by atoms with Crippen molar-refractivity contribution in [2.75, 3.05) is 32.1 Å². The molecule has 1 atom stereocenters. The van der Waals surface area contributed by atoms with E-state index in [0.717, 1.165) is 12.2 Å². The summed E-state index contributed by atoms with van der Waals surface area (Å²) in [5, 5.41) is 3.50. The number of piperidine rings is 1. The van der Waals surface area contributed by atoms with E-state index in [2.05, 4.69) is 17.3 Å². The van der Waals surface area contributed by atoms with Gasteiger partial charge in [-0.25, -0.2) is 4.79 Å². The van der Waals surface area contributed by atoms with Crippen LogP contribution in [0.2, 0.25) is 0 Å². The molecule has 4 heteroatoms. The van der Waals surface area contributed by atoms with E-state index in [1.807, 2.05) is 25.1 Å². The highest BCUT2D eigenvalue weighted by Gasteiger charge is 2.17. The van der Waals surface area contributed by atoms with E-state index in [0.29, 0.717) is 18.2 Å². The minimum absolute atomic E-state index is 0.257. The van der Waals surface area contributed by atoms with Crippen LogP contribution < -0.4 is 5.32 Å². The average molecular weight is 262 g/mol. The maximum atomic E-state index is 11.7. The Morgan fingerprint density at radius 1 is 1.53 bits per heavy atom. The molecular formula is C15H22N2O2. The Morgan fingerprint density at radius 2 is 2.37 bits per heavy atom. The number of nitrogens with one attached hydrogen (secondary N) is 1. The Balaban J connectivity index is 2.00. The summed E-state index contributed by atoms with van der Waals surface area (Å²) >= 11 is 0. The first-order valence-electron chi connectivity index (χ1n) is 6.91. The first-order chi connectivity index (χ1) is 9.19. The largest absolute Gasteiger partial charge is 0.462 e. The zero-order valence-electron chi connectivity index (χ0n) is 11.7. The number of nitrogens with zero attached hydrogens (tertiary/aromatic N) is 1. The van der Waals surface area contributed by atoms with Gasteiger partial charge in [0.15, 0.2) is 0 Å². The van der Waals surface area contributed by atoms with Gasteiger partial charge in [-0.2, -0.15) is 0 Å². The molecule has 0 saturated carbocycles. The fraction of sp³-hybridized carbons (Fsp3) is 0.533. The third-order valence-electron chi connectivity index (χ3n) is 3.37. The third-order valence-corrected chi connectivity index (χ3v) is 3.37. The molecular weight excluding hydrogens is 240 g/mol. The van der Waals surface area contributed by atoms with Crippen LogP contribution in [-0.4, -0.2) is 43.7 Å². The zero-order valence-corrected chi connectivity index (χ0v) is 11.7. The Bertz CT molecular complexity index is 434.